The van der Waals surface area contributed by atoms with E-state index in [1.807, 2.05) is 48.5 Å². The second kappa shape index (κ2) is 5.31. The molecule has 1 aromatic heterocycles. The molecule has 0 saturated carbocycles. The molecule has 3 aromatic rings. The third-order valence-electron chi connectivity index (χ3n) is 3.42. The van der Waals surface area contributed by atoms with Crippen LogP contribution in [0.3, 0.4) is 0 Å². The van der Waals surface area contributed by atoms with Crippen LogP contribution in [0.5, 0.6) is 5.75 Å². The van der Waals surface area contributed by atoms with Gasteiger partial charge in [-0.15, -0.1) is 0 Å². The molecule has 1 unspecified atom stereocenters. The number of aliphatic hydroxyl groups is 1. The molecule has 20 heavy (non-hydrogen) atoms. The fourth-order valence-electron chi connectivity index (χ4n) is 2.44. The molecule has 0 saturated heterocycles. The van der Waals surface area contributed by atoms with Crippen molar-refractivity contribution < 1.29 is 9.84 Å². The van der Waals surface area contributed by atoms with Gasteiger partial charge in [0.2, 0.25) is 0 Å². The lowest BCUT2D eigenvalue weighted by Gasteiger charge is -2.17. The van der Waals surface area contributed by atoms with Gasteiger partial charge in [-0.3, -0.25) is 4.98 Å². The Hall–Kier alpha value is -2.39. The molecule has 0 aliphatic heterocycles. The predicted octanol–water partition coefficient (Wildman–Crippen LogP) is 3.33. The normalized spacial score (nSPS) is 12.3. The summed E-state index contributed by atoms with van der Waals surface area (Å²) in [5, 5.41) is 12.7. The Morgan fingerprint density at radius 2 is 1.90 bits per heavy atom. The summed E-state index contributed by atoms with van der Waals surface area (Å²) < 4.78 is 5.42. The van der Waals surface area contributed by atoms with Crippen molar-refractivity contribution in [3.63, 3.8) is 0 Å². The van der Waals surface area contributed by atoms with Crippen molar-refractivity contribution in [1.82, 2.24) is 4.98 Å². The molecule has 2 aromatic carbocycles. The molecule has 1 N–H and O–H groups in total. The molecule has 0 fully saturated rings. The molecule has 0 aliphatic rings. The standard InChI is InChI=1S/C17H15NO2/c1-20-15-9-8-12-5-2-3-7-14(12)16(15)17(19)13-6-4-10-18-11-13/h2-11,17,19H,1H3. The molecule has 1 atom stereocenters. The molecule has 3 heteroatoms. The summed E-state index contributed by atoms with van der Waals surface area (Å²) in [6.07, 6.45) is 2.60. The van der Waals surface area contributed by atoms with Crippen molar-refractivity contribution in [3.8, 4) is 5.75 Å². The number of fused-ring (bicyclic) bond motifs is 1. The first-order valence-corrected chi connectivity index (χ1v) is 6.45. The van der Waals surface area contributed by atoms with Crippen LogP contribution in [-0.2, 0) is 0 Å². The Balaban J connectivity index is 2.23. The first kappa shape index (κ1) is 12.6. The van der Waals surface area contributed by atoms with E-state index < -0.39 is 6.10 Å². The van der Waals surface area contributed by atoms with E-state index in [9.17, 15) is 5.11 Å². The number of benzene rings is 2. The number of hydrogen-bond acceptors (Lipinski definition) is 3. The zero-order valence-corrected chi connectivity index (χ0v) is 11.2. The minimum atomic E-state index is -0.759. The van der Waals surface area contributed by atoms with Gasteiger partial charge in [0.05, 0.1) is 7.11 Å². The van der Waals surface area contributed by atoms with E-state index in [1.54, 1.807) is 19.5 Å². The number of hydrogen-bond donors (Lipinski definition) is 1. The van der Waals surface area contributed by atoms with E-state index in [0.717, 1.165) is 21.9 Å². The number of rotatable bonds is 3. The van der Waals surface area contributed by atoms with Crippen molar-refractivity contribution in [2.24, 2.45) is 0 Å². The van der Waals surface area contributed by atoms with E-state index >= 15 is 0 Å². The minimum Gasteiger partial charge on any atom is -0.496 e. The summed E-state index contributed by atoms with van der Waals surface area (Å²) in [5.41, 5.74) is 1.53. The molecular formula is C17H15NO2. The van der Waals surface area contributed by atoms with Gasteiger partial charge in [-0.1, -0.05) is 36.4 Å². The number of pyridine rings is 1. The summed E-state index contributed by atoms with van der Waals surface area (Å²) in [4.78, 5) is 4.07. The van der Waals surface area contributed by atoms with Crippen LogP contribution >= 0.6 is 0 Å². The maximum absolute atomic E-state index is 10.7. The van der Waals surface area contributed by atoms with Crippen LogP contribution in [0.4, 0.5) is 0 Å². The van der Waals surface area contributed by atoms with Crippen molar-refractivity contribution in [2.75, 3.05) is 7.11 Å². The van der Waals surface area contributed by atoms with Crippen LogP contribution in [0, 0.1) is 0 Å². The lowest BCUT2D eigenvalue weighted by Crippen LogP contribution is -2.03. The molecule has 0 bridgehead atoms. The van der Waals surface area contributed by atoms with Crippen molar-refractivity contribution >= 4 is 10.8 Å². The van der Waals surface area contributed by atoms with Crippen LogP contribution in [0.15, 0.2) is 60.9 Å². The molecule has 0 aliphatic carbocycles. The Labute approximate surface area is 117 Å². The topological polar surface area (TPSA) is 42.4 Å². The van der Waals surface area contributed by atoms with Gasteiger partial charge in [0.25, 0.3) is 0 Å². The van der Waals surface area contributed by atoms with Crippen molar-refractivity contribution in [2.45, 2.75) is 6.10 Å². The maximum atomic E-state index is 10.7. The summed E-state index contributed by atoms with van der Waals surface area (Å²) in [5.74, 6) is 0.681. The molecular weight excluding hydrogens is 250 g/mol. The zero-order valence-electron chi connectivity index (χ0n) is 11.2. The Bertz CT molecular complexity index is 725. The predicted molar refractivity (Wildman–Crippen MR) is 78.8 cm³/mol. The van der Waals surface area contributed by atoms with Gasteiger partial charge in [0, 0.05) is 23.5 Å². The Kier molecular flexibility index (Phi) is 3.35. The molecule has 100 valence electrons. The van der Waals surface area contributed by atoms with Crippen molar-refractivity contribution in [1.29, 1.82) is 0 Å². The molecule has 3 rings (SSSR count). The molecule has 0 amide bonds. The minimum absolute atomic E-state index is 0.681. The quantitative estimate of drug-likeness (QED) is 0.790. The summed E-state index contributed by atoms with van der Waals surface area (Å²) in [6.45, 7) is 0. The average molecular weight is 265 g/mol. The fraction of sp³-hybridized carbons (Fsp3) is 0.118. The van der Waals surface area contributed by atoms with Gasteiger partial charge >= 0.3 is 0 Å². The molecule has 0 spiro atoms. The lowest BCUT2D eigenvalue weighted by atomic mass is 9.95. The SMILES string of the molecule is COc1ccc2ccccc2c1C(O)c1cccnc1. The highest BCUT2D eigenvalue weighted by Crippen LogP contribution is 2.35. The number of nitrogens with zero attached hydrogens (tertiary/aromatic N) is 1. The van der Waals surface area contributed by atoms with Gasteiger partial charge in [-0.25, -0.2) is 0 Å². The van der Waals surface area contributed by atoms with Crippen LogP contribution in [0.2, 0.25) is 0 Å². The first-order valence-electron chi connectivity index (χ1n) is 6.45. The van der Waals surface area contributed by atoms with E-state index in [2.05, 4.69) is 4.98 Å². The van der Waals surface area contributed by atoms with Crippen LogP contribution in [-0.4, -0.2) is 17.2 Å². The van der Waals surface area contributed by atoms with Gasteiger partial charge < -0.3 is 9.84 Å². The van der Waals surface area contributed by atoms with Crippen LogP contribution < -0.4 is 4.74 Å². The third-order valence-corrected chi connectivity index (χ3v) is 3.42. The zero-order chi connectivity index (χ0) is 13.9. The van der Waals surface area contributed by atoms with Crippen molar-refractivity contribution in [3.05, 3.63) is 72.1 Å². The third kappa shape index (κ3) is 2.12. The Morgan fingerprint density at radius 1 is 1.05 bits per heavy atom. The van der Waals surface area contributed by atoms with E-state index in [0.29, 0.717) is 5.75 Å². The summed E-state index contributed by atoms with van der Waals surface area (Å²) >= 11 is 0. The highest BCUT2D eigenvalue weighted by Gasteiger charge is 2.18. The first-order chi connectivity index (χ1) is 9.81. The number of methoxy groups -OCH3 is 1. The second-order valence-electron chi connectivity index (χ2n) is 4.59. The molecule has 0 radical (unpaired) electrons. The summed E-state index contributed by atoms with van der Waals surface area (Å²) in [6, 6.07) is 15.5. The summed E-state index contributed by atoms with van der Waals surface area (Å²) in [7, 11) is 1.61. The van der Waals surface area contributed by atoms with E-state index in [1.165, 1.54) is 0 Å². The van der Waals surface area contributed by atoms with Crippen LogP contribution in [0.25, 0.3) is 10.8 Å². The van der Waals surface area contributed by atoms with Gasteiger partial charge in [0.1, 0.15) is 11.9 Å². The second-order valence-corrected chi connectivity index (χ2v) is 4.59. The highest BCUT2D eigenvalue weighted by atomic mass is 16.5. The number of aliphatic hydroxyl groups excluding tert-OH is 1. The van der Waals surface area contributed by atoms with E-state index in [4.69, 9.17) is 4.74 Å². The Morgan fingerprint density at radius 3 is 2.65 bits per heavy atom. The largest absolute Gasteiger partial charge is 0.496 e. The fourth-order valence-corrected chi connectivity index (χ4v) is 2.44. The van der Waals surface area contributed by atoms with Gasteiger partial charge in [0.15, 0.2) is 0 Å². The molecule has 3 nitrogen and oxygen atoms in total. The average Bonchev–Trinajstić information content (AvgIpc) is 2.54. The van der Waals surface area contributed by atoms with Gasteiger partial charge in [-0.2, -0.15) is 0 Å². The highest BCUT2D eigenvalue weighted by molar-refractivity contribution is 5.88. The number of aromatic nitrogens is 1. The lowest BCUT2D eigenvalue weighted by molar-refractivity contribution is 0.216. The number of ether oxygens (including phenoxy) is 1. The van der Waals surface area contributed by atoms with E-state index in [-0.39, 0.29) is 0 Å². The van der Waals surface area contributed by atoms with Gasteiger partial charge in [-0.05, 0) is 22.9 Å². The maximum Gasteiger partial charge on any atom is 0.125 e. The molecule has 1 heterocycles. The smallest absolute Gasteiger partial charge is 0.125 e. The monoisotopic (exact) mass is 265 g/mol. The van der Waals surface area contributed by atoms with Crippen LogP contribution in [0.1, 0.15) is 17.2 Å².